The first kappa shape index (κ1) is 14.8. The molecule has 0 bridgehead atoms. The largest absolute Gasteiger partial charge is 0.326 e. The van der Waals surface area contributed by atoms with E-state index in [4.69, 9.17) is 11.5 Å². The SMILES string of the molecule is CC(=O)Nc1cc(CN)c(C(Br)C=O)c(CN)c1. The van der Waals surface area contributed by atoms with Crippen molar-refractivity contribution in [1.82, 2.24) is 0 Å². The molecule has 1 amide bonds. The first-order valence-electron chi connectivity index (χ1n) is 5.46. The molecule has 1 unspecified atom stereocenters. The molecule has 5 nitrogen and oxygen atoms in total. The van der Waals surface area contributed by atoms with Crippen LogP contribution in [0.15, 0.2) is 12.1 Å². The summed E-state index contributed by atoms with van der Waals surface area (Å²) in [5.74, 6) is -0.167. The van der Waals surface area contributed by atoms with Gasteiger partial charge in [0.1, 0.15) is 6.29 Å². The number of carbonyl (C=O) groups excluding carboxylic acids is 2. The number of nitrogens with one attached hydrogen (secondary N) is 1. The quantitative estimate of drug-likeness (QED) is 0.562. The second-order valence-electron chi connectivity index (χ2n) is 3.84. The zero-order chi connectivity index (χ0) is 13.7. The number of aldehydes is 1. The van der Waals surface area contributed by atoms with Gasteiger partial charge in [-0.15, -0.1) is 0 Å². The third-order valence-corrected chi connectivity index (χ3v) is 3.18. The molecule has 0 heterocycles. The molecule has 0 aliphatic carbocycles. The Kier molecular flexibility index (Phi) is 5.46. The minimum atomic E-state index is -0.444. The number of rotatable bonds is 5. The summed E-state index contributed by atoms with van der Waals surface area (Å²) in [6.45, 7) is 1.97. The van der Waals surface area contributed by atoms with Crippen molar-refractivity contribution in [2.75, 3.05) is 5.32 Å². The molecule has 0 aliphatic heterocycles. The van der Waals surface area contributed by atoms with Crippen molar-refractivity contribution >= 4 is 33.8 Å². The van der Waals surface area contributed by atoms with Gasteiger partial charge in [-0.05, 0) is 28.8 Å². The summed E-state index contributed by atoms with van der Waals surface area (Å²) < 4.78 is 0. The van der Waals surface area contributed by atoms with Crippen molar-refractivity contribution in [3.05, 3.63) is 28.8 Å². The number of anilines is 1. The van der Waals surface area contributed by atoms with Gasteiger partial charge in [0.2, 0.25) is 5.91 Å². The van der Waals surface area contributed by atoms with Crippen LogP contribution in [0.25, 0.3) is 0 Å². The Hall–Kier alpha value is -1.24. The number of hydrogen-bond acceptors (Lipinski definition) is 4. The van der Waals surface area contributed by atoms with Gasteiger partial charge in [-0.25, -0.2) is 0 Å². The second kappa shape index (κ2) is 6.63. The zero-order valence-corrected chi connectivity index (χ0v) is 11.7. The molecule has 5 N–H and O–H groups in total. The number of amides is 1. The van der Waals surface area contributed by atoms with Crippen LogP contribution in [0, 0.1) is 0 Å². The summed E-state index contributed by atoms with van der Waals surface area (Å²) in [5.41, 5.74) is 14.3. The maximum absolute atomic E-state index is 11.0. The van der Waals surface area contributed by atoms with Crippen LogP contribution < -0.4 is 16.8 Å². The lowest BCUT2D eigenvalue weighted by atomic mass is 9.97. The van der Waals surface area contributed by atoms with E-state index in [0.717, 1.165) is 23.0 Å². The fraction of sp³-hybridized carbons (Fsp3) is 0.333. The Morgan fingerprint density at radius 3 is 2.22 bits per heavy atom. The number of carbonyl (C=O) groups is 2. The molecule has 0 aliphatic rings. The monoisotopic (exact) mass is 313 g/mol. The molecule has 18 heavy (non-hydrogen) atoms. The van der Waals surface area contributed by atoms with Gasteiger partial charge < -0.3 is 21.6 Å². The summed E-state index contributed by atoms with van der Waals surface area (Å²) in [5, 5.41) is 2.68. The van der Waals surface area contributed by atoms with E-state index in [1.54, 1.807) is 12.1 Å². The summed E-state index contributed by atoms with van der Waals surface area (Å²) >= 11 is 3.28. The van der Waals surface area contributed by atoms with Crippen LogP contribution in [0.4, 0.5) is 5.69 Å². The molecule has 1 aromatic rings. The smallest absolute Gasteiger partial charge is 0.221 e. The van der Waals surface area contributed by atoms with E-state index >= 15 is 0 Å². The highest BCUT2D eigenvalue weighted by Crippen LogP contribution is 2.30. The van der Waals surface area contributed by atoms with Crippen molar-refractivity contribution in [1.29, 1.82) is 0 Å². The lowest BCUT2D eigenvalue weighted by Crippen LogP contribution is -2.13. The van der Waals surface area contributed by atoms with Gasteiger partial charge in [0, 0.05) is 25.7 Å². The third-order valence-electron chi connectivity index (χ3n) is 2.51. The Bertz CT molecular complexity index is 438. The van der Waals surface area contributed by atoms with Crippen molar-refractivity contribution in [3.8, 4) is 0 Å². The van der Waals surface area contributed by atoms with Crippen LogP contribution in [0.3, 0.4) is 0 Å². The molecule has 1 atom stereocenters. The Morgan fingerprint density at radius 2 is 1.89 bits per heavy atom. The van der Waals surface area contributed by atoms with E-state index in [1.807, 2.05) is 0 Å². The average molecular weight is 314 g/mol. The van der Waals surface area contributed by atoms with Gasteiger partial charge >= 0.3 is 0 Å². The summed E-state index contributed by atoms with van der Waals surface area (Å²) in [7, 11) is 0. The summed E-state index contributed by atoms with van der Waals surface area (Å²) in [6, 6.07) is 3.52. The summed E-state index contributed by atoms with van der Waals surface area (Å²) in [4.78, 5) is 21.5. The number of benzene rings is 1. The molecule has 98 valence electrons. The van der Waals surface area contributed by atoms with Crippen LogP contribution in [-0.4, -0.2) is 12.2 Å². The molecule has 0 saturated carbocycles. The Morgan fingerprint density at radius 1 is 1.39 bits per heavy atom. The molecule has 0 fully saturated rings. The number of halogens is 1. The minimum Gasteiger partial charge on any atom is -0.326 e. The average Bonchev–Trinajstić information content (AvgIpc) is 2.35. The normalized spacial score (nSPS) is 12.0. The van der Waals surface area contributed by atoms with Gasteiger partial charge in [0.05, 0.1) is 4.83 Å². The fourth-order valence-electron chi connectivity index (χ4n) is 1.81. The van der Waals surface area contributed by atoms with Gasteiger partial charge in [-0.1, -0.05) is 15.9 Å². The predicted octanol–water partition coefficient (Wildman–Crippen LogP) is 1.20. The molecule has 0 aromatic heterocycles. The fourth-order valence-corrected chi connectivity index (χ4v) is 2.40. The van der Waals surface area contributed by atoms with Crippen molar-refractivity contribution in [3.63, 3.8) is 0 Å². The molecule has 1 rings (SSSR count). The molecule has 6 heteroatoms. The highest BCUT2D eigenvalue weighted by Gasteiger charge is 2.16. The maximum atomic E-state index is 11.0. The Balaban J connectivity index is 3.33. The topological polar surface area (TPSA) is 98.2 Å². The van der Waals surface area contributed by atoms with Gasteiger partial charge in [-0.3, -0.25) is 4.79 Å². The highest BCUT2D eigenvalue weighted by molar-refractivity contribution is 9.09. The van der Waals surface area contributed by atoms with Crippen LogP contribution in [0.5, 0.6) is 0 Å². The van der Waals surface area contributed by atoms with E-state index in [2.05, 4.69) is 21.2 Å². The van der Waals surface area contributed by atoms with Crippen molar-refractivity contribution in [2.24, 2.45) is 11.5 Å². The van der Waals surface area contributed by atoms with Gasteiger partial charge in [0.15, 0.2) is 0 Å². The van der Waals surface area contributed by atoms with Crippen LogP contribution in [-0.2, 0) is 22.7 Å². The Labute approximate surface area is 114 Å². The van der Waals surface area contributed by atoms with Crippen LogP contribution in [0.2, 0.25) is 0 Å². The van der Waals surface area contributed by atoms with Gasteiger partial charge in [0.25, 0.3) is 0 Å². The van der Waals surface area contributed by atoms with E-state index in [-0.39, 0.29) is 19.0 Å². The van der Waals surface area contributed by atoms with E-state index in [0.29, 0.717) is 5.69 Å². The third kappa shape index (κ3) is 3.38. The van der Waals surface area contributed by atoms with E-state index < -0.39 is 4.83 Å². The summed E-state index contributed by atoms with van der Waals surface area (Å²) in [6.07, 6.45) is 0.783. The first-order valence-corrected chi connectivity index (χ1v) is 6.37. The number of alkyl halides is 1. The van der Waals surface area contributed by atoms with Crippen molar-refractivity contribution in [2.45, 2.75) is 24.8 Å². The molecular weight excluding hydrogens is 298 g/mol. The number of hydrogen-bond donors (Lipinski definition) is 3. The molecule has 1 aromatic carbocycles. The predicted molar refractivity (Wildman–Crippen MR) is 74.3 cm³/mol. The first-order chi connectivity index (χ1) is 8.53. The zero-order valence-electron chi connectivity index (χ0n) is 10.1. The highest BCUT2D eigenvalue weighted by atomic mass is 79.9. The minimum absolute atomic E-state index is 0.167. The lowest BCUT2D eigenvalue weighted by molar-refractivity contribution is -0.114. The van der Waals surface area contributed by atoms with E-state index in [9.17, 15) is 9.59 Å². The van der Waals surface area contributed by atoms with E-state index in [1.165, 1.54) is 6.92 Å². The maximum Gasteiger partial charge on any atom is 0.221 e. The number of nitrogens with two attached hydrogens (primary N) is 2. The lowest BCUT2D eigenvalue weighted by Gasteiger charge is -2.17. The van der Waals surface area contributed by atoms with Crippen LogP contribution >= 0.6 is 15.9 Å². The molecule has 0 spiro atoms. The standard InChI is InChI=1S/C12H16BrN3O2/c1-7(18)16-10-2-8(4-14)12(11(13)6-17)9(3-10)5-15/h2-3,6,11H,4-5,14-15H2,1H3,(H,16,18). The molecule has 0 saturated heterocycles. The van der Waals surface area contributed by atoms with Crippen molar-refractivity contribution < 1.29 is 9.59 Å². The molecule has 0 radical (unpaired) electrons. The van der Waals surface area contributed by atoms with Gasteiger partial charge in [-0.2, -0.15) is 0 Å². The second-order valence-corrected chi connectivity index (χ2v) is 4.82. The molecular formula is C12H16BrN3O2. The van der Waals surface area contributed by atoms with Crippen LogP contribution in [0.1, 0.15) is 28.4 Å².